The molecular formula is C38H32F2N2O4S2. The largest absolute Gasteiger partial charge is 0.466 e. The summed E-state index contributed by atoms with van der Waals surface area (Å²) in [6.45, 7) is 7.46. The van der Waals surface area contributed by atoms with Gasteiger partial charge < -0.3 is 9.47 Å². The van der Waals surface area contributed by atoms with E-state index in [1.54, 1.807) is 60.7 Å². The van der Waals surface area contributed by atoms with E-state index >= 15 is 8.78 Å². The molecule has 10 heteroatoms. The summed E-state index contributed by atoms with van der Waals surface area (Å²) in [6.07, 6.45) is 2.86. The van der Waals surface area contributed by atoms with Crippen molar-refractivity contribution in [3.8, 4) is 0 Å². The van der Waals surface area contributed by atoms with Crippen LogP contribution in [-0.2, 0) is 30.4 Å². The number of halogens is 2. The smallest absolute Gasteiger partial charge is 0.351 e. The Kier molecular flexibility index (Phi) is 10.6. The lowest BCUT2D eigenvalue weighted by atomic mass is 9.83. The molecule has 0 aliphatic heterocycles. The lowest BCUT2D eigenvalue weighted by Crippen LogP contribution is -2.38. The molecule has 0 amide bonds. The first kappa shape index (κ1) is 34.3. The highest BCUT2D eigenvalue weighted by atomic mass is 32.1. The number of esters is 2. The molecule has 0 radical (unpaired) electrons. The molecule has 48 heavy (non-hydrogen) atoms. The van der Waals surface area contributed by atoms with Gasteiger partial charge in [0.15, 0.2) is 0 Å². The monoisotopic (exact) mass is 682 g/mol. The van der Waals surface area contributed by atoms with Crippen LogP contribution in [0.4, 0.5) is 8.78 Å². The number of methoxy groups -OCH3 is 2. The van der Waals surface area contributed by atoms with Crippen molar-refractivity contribution in [3.63, 3.8) is 0 Å². The minimum absolute atomic E-state index is 0.0734. The Hall–Kier alpha value is -5.06. The van der Waals surface area contributed by atoms with Gasteiger partial charge in [0.25, 0.3) is 11.3 Å². The fraction of sp³-hybridized carbons (Fsp3) is 0.158. The molecule has 4 atom stereocenters. The first-order chi connectivity index (χ1) is 23.2. The van der Waals surface area contributed by atoms with Gasteiger partial charge in [0.2, 0.25) is 0 Å². The summed E-state index contributed by atoms with van der Waals surface area (Å²) in [5.74, 6) is -3.75. The van der Waals surface area contributed by atoms with Crippen molar-refractivity contribution >= 4 is 55.0 Å². The number of carbonyl (C=O) groups excluding carboxylic acids is 2. The molecule has 0 aliphatic carbocycles. The van der Waals surface area contributed by atoms with Crippen LogP contribution in [0, 0.1) is 0 Å². The molecule has 0 unspecified atom stereocenters. The van der Waals surface area contributed by atoms with Gasteiger partial charge in [0, 0.05) is 0 Å². The van der Waals surface area contributed by atoms with Gasteiger partial charge in [-0.1, -0.05) is 97.1 Å². The SMILES string of the molecule is C=C[C@@H](c1ccccc1)[C@](F)(C(=O)OC)c1nc2ccccc2s1.C=C[C@@H](c1ccccc1)[C@](F)(C(=O)OC)c1nc2ccccc2s1. The number of allylic oxidation sites excluding steroid dienone is 2. The van der Waals surface area contributed by atoms with E-state index in [0.29, 0.717) is 22.2 Å². The Morgan fingerprint density at radius 1 is 0.625 bits per heavy atom. The highest BCUT2D eigenvalue weighted by Crippen LogP contribution is 2.46. The highest BCUT2D eigenvalue weighted by molar-refractivity contribution is 7.19. The number of aromatic nitrogens is 2. The Balaban J connectivity index is 0.000000188. The van der Waals surface area contributed by atoms with Gasteiger partial charge in [-0.25, -0.2) is 28.3 Å². The number of hydrogen-bond donors (Lipinski definition) is 0. The number of ether oxygens (including phenoxy) is 2. The van der Waals surface area contributed by atoms with E-state index in [2.05, 4.69) is 23.1 Å². The maximum atomic E-state index is 16.1. The van der Waals surface area contributed by atoms with Crippen LogP contribution in [0.1, 0.15) is 33.0 Å². The number of fused-ring (bicyclic) bond motifs is 2. The number of alkyl halides is 2. The van der Waals surface area contributed by atoms with Crippen LogP contribution in [0.3, 0.4) is 0 Å². The molecule has 0 saturated carbocycles. The molecule has 6 aromatic rings. The second kappa shape index (κ2) is 14.8. The molecule has 2 aromatic heterocycles. The Bertz CT molecular complexity index is 1840. The third-order valence-electron chi connectivity index (χ3n) is 7.82. The zero-order chi connectivity index (χ0) is 34.3. The summed E-state index contributed by atoms with van der Waals surface area (Å²) in [7, 11) is 2.35. The lowest BCUT2D eigenvalue weighted by Gasteiger charge is -2.27. The van der Waals surface area contributed by atoms with Crippen molar-refractivity contribution in [2.24, 2.45) is 0 Å². The number of para-hydroxylation sites is 2. The number of benzene rings is 4. The number of hydrogen-bond acceptors (Lipinski definition) is 8. The minimum atomic E-state index is -2.43. The Labute approximate surface area is 285 Å². The van der Waals surface area contributed by atoms with E-state index in [1.165, 1.54) is 26.4 Å². The maximum absolute atomic E-state index is 16.1. The summed E-state index contributed by atoms with van der Waals surface area (Å²) < 4.78 is 43.4. The van der Waals surface area contributed by atoms with Crippen molar-refractivity contribution in [1.82, 2.24) is 9.97 Å². The van der Waals surface area contributed by atoms with Gasteiger partial charge in [0.05, 0.1) is 46.5 Å². The molecule has 0 spiro atoms. The molecule has 2 heterocycles. The number of rotatable bonds is 10. The first-order valence-electron chi connectivity index (χ1n) is 14.8. The molecule has 4 aromatic carbocycles. The van der Waals surface area contributed by atoms with Crippen LogP contribution in [0.5, 0.6) is 0 Å². The Morgan fingerprint density at radius 3 is 1.27 bits per heavy atom. The van der Waals surface area contributed by atoms with Crippen LogP contribution in [0.15, 0.2) is 135 Å². The van der Waals surface area contributed by atoms with Gasteiger partial charge in [-0.05, 0) is 35.4 Å². The Morgan fingerprint density at radius 2 is 0.958 bits per heavy atom. The summed E-state index contributed by atoms with van der Waals surface area (Å²) in [5, 5.41) is 0.147. The van der Waals surface area contributed by atoms with E-state index in [1.807, 2.05) is 48.5 Å². The molecule has 6 rings (SSSR count). The third-order valence-corrected chi connectivity index (χ3v) is 10.1. The number of nitrogens with zero attached hydrogens (tertiary/aromatic N) is 2. The molecule has 0 N–H and O–H groups in total. The summed E-state index contributed by atoms with van der Waals surface area (Å²) in [5.41, 5.74) is -2.28. The van der Waals surface area contributed by atoms with Crippen molar-refractivity contribution in [2.45, 2.75) is 23.2 Å². The zero-order valence-electron chi connectivity index (χ0n) is 26.2. The van der Waals surface area contributed by atoms with Crippen LogP contribution in [0.2, 0.25) is 0 Å². The maximum Gasteiger partial charge on any atom is 0.351 e. The highest BCUT2D eigenvalue weighted by Gasteiger charge is 2.52. The minimum Gasteiger partial charge on any atom is -0.466 e. The summed E-state index contributed by atoms with van der Waals surface area (Å²) in [4.78, 5) is 33.5. The van der Waals surface area contributed by atoms with E-state index < -0.39 is 35.1 Å². The predicted molar refractivity (Wildman–Crippen MR) is 188 cm³/mol. The quantitative estimate of drug-likeness (QED) is 0.106. The normalized spacial score (nSPS) is 14.8. The number of carbonyl (C=O) groups is 2. The first-order valence-corrected chi connectivity index (χ1v) is 16.5. The molecular weight excluding hydrogens is 651 g/mol. The van der Waals surface area contributed by atoms with Gasteiger partial charge in [0.1, 0.15) is 10.0 Å². The van der Waals surface area contributed by atoms with E-state index in [-0.39, 0.29) is 10.0 Å². The van der Waals surface area contributed by atoms with Gasteiger partial charge in [-0.15, -0.1) is 35.8 Å². The van der Waals surface area contributed by atoms with Gasteiger partial charge in [-0.3, -0.25) is 0 Å². The van der Waals surface area contributed by atoms with Gasteiger partial charge >= 0.3 is 11.9 Å². The van der Waals surface area contributed by atoms with Crippen molar-refractivity contribution in [2.75, 3.05) is 14.2 Å². The standard InChI is InChI=1S/2C19H16FNO2S/c2*1-3-14(13-9-5-4-6-10-13)19(20,18(22)23-2)17-21-15-11-7-8-12-16(15)24-17/h2*3-12,14H,1H2,2H3/t2*14-,19+/m00/s1. The molecule has 0 bridgehead atoms. The third kappa shape index (κ3) is 6.41. The van der Waals surface area contributed by atoms with Crippen LogP contribution in [-0.4, -0.2) is 36.1 Å². The molecule has 0 fully saturated rings. The number of thiazole rings is 2. The molecule has 0 aliphatic rings. The summed E-state index contributed by atoms with van der Waals surface area (Å²) >= 11 is 2.30. The average molecular weight is 683 g/mol. The van der Waals surface area contributed by atoms with Crippen LogP contribution < -0.4 is 0 Å². The molecule has 244 valence electrons. The average Bonchev–Trinajstić information content (AvgIpc) is 3.78. The molecule has 0 saturated heterocycles. The summed E-state index contributed by atoms with van der Waals surface area (Å²) in [6, 6.07) is 32.5. The topological polar surface area (TPSA) is 78.4 Å². The van der Waals surface area contributed by atoms with Crippen molar-refractivity contribution in [1.29, 1.82) is 0 Å². The van der Waals surface area contributed by atoms with E-state index in [9.17, 15) is 9.59 Å². The van der Waals surface area contributed by atoms with Crippen LogP contribution >= 0.6 is 22.7 Å². The fourth-order valence-corrected chi connectivity index (χ4v) is 7.58. The zero-order valence-corrected chi connectivity index (χ0v) is 27.8. The van der Waals surface area contributed by atoms with Crippen molar-refractivity contribution in [3.05, 3.63) is 156 Å². The second-order valence-corrected chi connectivity index (χ2v) is 12.7. The van der Waals surface area contributed by atoms with Crippen molar-refractivity contribution < 1.29 is 27.8 Å². The van der Waals surface area contributed by atoms with E-state index in [4.69, 9.17) is 9.47 Å². The second-order valence-electron chi connectivity index (χ2n) is 10.6. The fourth-order valence-electron chi connectivity index (χ4n) is 5.42. The van der Waals surface area contributed by atoms with Gasteiger partial charge in [-0.2, -0.15) is 0 Å². The van der Waals surface area contributed by atoms with Crippen LogP contribution in [0.25, 0.3) is 20.4 Å². The molecule has 6 nitrogen and oxygen atoms in total. The van der Waals surface area contributed by atoms with E-state index in [0.717, 1.165) is 32.1 Å². The lowest BCUT2D eigenvalue weighted by molar-refractivity contribution is -0.157. The predicted octanol–water partition coefficient (Wildman–Crippen LogP) is 9.21.